The van der Waals surface area contributed by atoms with Crippen LogP contribution in [0.5, 0.6) is 0 Å². The quantitative estimate of drug-likeness (QED) is 0.760. The molecule has 1 amide bonds. The van der Waals surface area contributed by atoms with Crippen molar-refractivity contribution in [1.29, 1.82) is 0 Å². The maximum absolute atomic E-state index is 12.1. The van der Waals surface area contributed by atoms with Gasteiger partial charge in [-0.1, -0.05) is 50.3 Å². The van der Waals surface area contributed by atoms with Crippen LogP contribution in [0.1, 0.15) is 44.2 Å². The fraction of sp³-hybridized carbons (Fsp3) is 0.500. The van der Waals surface area contributed by atoms with Crippen LogP contribution in [0.25, 0.3) is 0 Å². The van der Waals surface area contributed by atoms with Gasteiger partial charge in [0.2, 0.25) is 5.91 Å². The molecule has 0 spiro atoms. The normalized spacial score (nSPS) is 11.2. The van der Waals surface area contributed by atoms with Crippen LogP contribution in [0.15, 0.2) is 24.3 Å². The SMILES string of the molecule is CCC(CC)(NC(=O)CCc1ccccc1C)C(N)=S. The third-order valence-corrected chi connectivity index (χ3v) is 4.33. The van der Waals surface area contributed by atoms with Gasteiger partial charge in [-0.3, -0.25) is 4.79 Å². The minimum absolute atomic E-state index is 0.00440. The Bertz CT molecular complexity index is 481. The van der Waals surface area contributed by atoms with Gasteiger partial charge in [-0.05, 0) is 37.3 Å². The minimum atomic E-state index is -0.544. The van der Waals surface area contributed by atoms with Gasteiger partial charge in [0.1, 0.15) is 0 Å². The Labute approximate surface area is 126 Å². The van der Waals surface area contributed by atoms with Crippen molar-refractivity contribution in [2.24, 2.45) is 5.73 Å². The maximum Gasteiger partial charge on any atom is 0.221 e. The van der Waals surface area contributed by atoms with Crippen LogP contribution in [0.2, 0.25) is 0 Å². The maximum atomic E-state index is 12.1. The Hall–Kier alpha value is -1.42. The molecule has 1 rings (SSSR count). The molecule has 0 fully saturated rings. The van der Waals surface area contributed by atoms with Crippen LogP contribution in [-0.4, -0.2) is 16.4 Å². The Morgan fingerprint density at radius 2 is 1.90 bits per heavy atom. The molecular weight excluding hydrogens is 268 g/mol. The number of thiocarbonyl (C=S) groups is 1. The fourth-order valence-electron chi connectivity index (χ4n) is 2.31. The lowest BCUT2D eigenvalue weighted by atomic mass is 9.92. The number of carbonyl (C=O) groups is 1. The lowest BCUT2D eigenvalue weighted by molar-refractivity contribution is -0.122. The molecule has 0 aliphatic heterocycles. The van der Waals surface area contributed by atoms with Gasteiger partial charge in [-0.2, -0.15) is 0 Å². The number of amides is 1. The number of hydrogen-bond donors (Lipinski definition) is 2. The number of carbonyl (C=O) groups excluding carboxylic acids is 1. The Balaban J connectivity index is 2.64. The second kappa shape index (κ2) is 7.39. The third-order valence-electron chi connectivity index (χ3n) is 3.94. The van der Waals surface area contributed by atoms with Crippen LogP contribution in [-0.2, 0) is 11.2 Å². The highest BCUT2D eigenvalue weighted by atomic mass is 32.1. The number of rotatable bonds is 7. The Morgan fingerprint density at radius 3 is 2.40 bits per heavy atom. The minimum Gasteiger partial charge on any atom is -0.391 e. The van der Waals surface area contributed by atoms with E-state index >= 15 is 0 Å². The summed E-state index contributed by atoms with van der Waals surface area (Å²) < 4.78 is 0. The zero-order chi connectivity index (χ0) is 15.2. The first kappa shape index (κ1) is 16.6. The lowest BCUT2D eigenvalue weighted by Gasteiger charge is -2.31. The third kappa shape index (κ3) is 4.04. The van der Waals surface area contributed by atoms with E-state index in [4.69, 9.17) is 18.0 Å². The van der Waals surface area contributed by atoms with E-state index < -0.39 is 5.54 Å². The molecule has 0 aliphatic carbocycles. The van der Waals surface area contributed by atoms with E-state index in [1.165, 1.54) is 11.1 Å². The number of nitrogens with two attached hydrogens (primary N) is 1. The molecule has 1 aromatic rings. The predicted octanol–water partition coefficient (Wildman–Crippen LogP) is 2.89. The van der Waals surface area contributed by atoms with E-state index in [-0.39, 0.29) is 5.91 Å². The van der Waals surface area contributed by atoms with Crippen molar-refractivity contribution in [3.63, 3.8) is 0 Å². The highest BCUT2D eigenvalue weighted by molar-refractivity contribution is 7.80. The molecule has 0 unspecified atom stereocenters. The van der Waals surface area contributed by atoms with Crippen LogP contribution in [0, 0.1) is 6.92 Å². The second-order valence-corrected chi connectivity index (χ2v) is 5.57. The molecule has 0 saturated carbocycles. The summed E-state index contributed by atoms with van der Waals surface area (Å²) in [6, 6.07) is 8.12. The first-order valence-electron chi connectivity index (χ1n) is 7.10. The standard InChI is InChI=1S/C16H24N2OS/c1-4-16(5-2,15(17)20)18-14(19)11-10-13-9-7-6-8-12(13)3/h6-9H,4-5,10-11H2,1-3H3,(H2,17,20)(H,18,19). The van der Waals surface area contributed by atoms with Gasteiger partial charge in [-0.25, -0.2) is 0 Å². The first-order valence-corrected chi connectivity index (χ1v) is 7.51. The van der Waals surface area contributed by atoms with Crippen LogP contribution in [0.3, 0.4) is 0 Å². The van der Waals surface area contributed by atoms with Crippen molar-refractivity contribution in [3.8, 4) is 0 Å². The van der Waals surface area contributed by atoms with E-state index in [0.29, 0.717) is 11.4 Å². The summed E-state index contributed by atoms with van der Waals surface area (Å²) in [5.41, 5.74) is 7.67. The average Bonchev–Trinajstić information content (AvgIpc) is 2.43. The molecule has 1 aromatic carbocycles. The zero-order valence-corrected chi connectivity index (χ0v) is 13.3. The van der Waals surface area contributed by atoms with E-state index in [0.717, 1.165) is 19.3 Å². The summed E-state index contributed by atoms with van der Waals surface area (Å²) in [6.45, 7) is 6.04. The highest BCUT2D eigenvalue weighted by Crippen LogP contribution is 2.16. The van der Waals surface area contributed by atoms with Gasteiger partial charge < -0.3 is 11.1 Å². The Morgan fingerprint density at radius 1 is 1.30 bits per heavy atom. The first-order chi connectivity index (χ1) is 9.45. The van der Waals surface area contributed by atoms with Crippen molar-refractivity contribution in [2.75, 3.05) is 0 Å². The number of hydrogen-bond acceptors (Lipinski definition) is 2. The summed E-state index contributed by atoms with van der Waals surface area (Å²) >= 11 is 5.11. The summed E-state index contributed by atoms with van der Waals surface area (Å²) in [5.74, 6) is 0.00440. The summed E-state index contributed by atoms with van der Waals surface area (Å²) in [5, 5.41) is 3.01. The van der Waals surface area contributed by atoms with Gasteiger partial charge >= 0.3 is 0 Å². The van der Waals surface area contributed by atoms with Crippen LogP contribution in [0.4, 0.5) is 0 Å². The molecule has 0 heterocycles. The molecule has 3 nitrogen and oxygen atoms in total. The molecule has 0 aromatic heterocycles. The van der Waals surface area contributed by atoms with Crippen LogP contribution >= 0.6 is 12.2 Å². The second-order valence-electron chi connectivity index (χ2n) is 5.13. The fourth-order valence-corrected chi connectivity index (χ4v) is 2.64. The number of nitrogens with one attached hydrogen (secondary N) is 1. The molecule has 110 valence electrons. The van der Waals surface area contributed by atoms with Crippen molar-refractivity contribution in [2.45, 2.75) is 52.0 Å². The van der Waals surface area contributed by atoms with Crippen molar-refractivity contribution in [3.05, 3.63) is 35.4 Å². The molecule has 0 atom stereocenters. The zero-order valence-electron chi connectivity index (χ0n) is 12.5. The van der Waals surface area contributed by atoms with Crippen molar-refractivity contribution in [1.82, 2.24) is 5.32 Å². The number of benzene rings is 1. The molecular formula is C16H24N2OS. The smallest absolute Gasteiger partial charge is 0.221 e. The van der Waals surface area contributed by atoms with Gasteiger partial charge in [-0.15, -0.1) is 0 Å². The molecule has 0 saturated heterocycles. The monoisotopic (exact) mass is 292 g/mol. The lowest BCUT2D eigenvalue weighted by Crippen LogP contribution is -2.56. The summed E-state index contributed by atoms with van der Waals surface area (Å²) in [4.78, 5) is 12.5. The molecule has 4 heteroatoms. The van der Waals surface area contributed by atoms with E-state index in [9.17, 15) is 4.79 Å². The van der Waals surface area contributed by atoms with Crippen molar-refractivity contribution < 1.29 is 4.79 Å². The van der Waals surface area contributed by atoms with Gasteiger partial charge in [0.25, 0.3) is 0 Å². The molecule has 0 radical (unpaired) electrons. The van der Waals surface area contributed by atoms with Gasteiger partial charge in [0, 0.05) is 6.42 Å². The van der Waals surface area contributed by atoms with E-state index in [1.54, 1.807) is 0 Å². The van der Waals surface area contributed by atoms with Crippen molar-refractivity contribution >= 4 is 23.1 Å². The summed E-state index contributed by atoms with van der Waals surface area (Å²) in [7, 11) is 0. The molecule has 0 aliphatic rings. The largest absolute Gasteiger partial charge is 0.391 e. The summed E-state index contributed by atoms with van der Waals surface area (Å²) in [6.07, 6.45) is 2.62. The van der Waals surface area contributed by atoms with Gasteiger partial charge in [0.15, 0.2) is 0 Å². The molecule has 3 N–H and O–H groups in total. The van der Waals surface area contributed by atoms with E-state index in [1.807, 2.05) is 26.0 Å². The Kier molecular flexibility index (Phi) is 6.14. The van der Waals surface area contributed by atoms with E-state index in [2.05, 4.69) is 24.4 Å². The van der Waals surface area contributed by atoms with Gasteiger partial charge in [0.05, 0.1) is 10.5 Å². The number of aryl methyl sites for hydroxylation is 2. The predicted molar refractivity (Wildman–Crippen MR) is 87.7 cm³/mol. The topological polar surface area (TPSA) is 55.1 Å². The molecule has 20 heavy (non-hydrogen) atoms. The van der Waals surface area contributed by atoms with Crippen LogP contribution < -0.4 is 11.1 Å². The molecule has 0 bridgehead atoms. The highest BCUT2D eigenvalue weighted by Gasteiger charge is 2.30. The average molecular weight is 292 g/mol.